The molecular weight excluding hydrogens is 354 g/mol. The average molecular weight is 383 g/mol. The van der Waals surface area contributed by atoms with E-state index in [1.54, 1.807) is 0 Å². The van der Waals surface area contributed by atoms with Crippen LogP contribution in [0.2, 0.25) is 0 Å². The van der Waals surface area contributed by atoms with E-state index in [-0.39, 0.29) is 11.8 Å². The van der Waals surface area contributed by atoms with Gasteiger partial charge in [0.1, 0.15) is 0 Å². The molecule has 150 valence electrons. The lowest BCUT2D eigenvalue weighted by atomic mass is 9.90. The summed E-state index contributed by atoms with van der Waals surface area (Å²) in [7, 11) is 0. The van der Waals surface area contributed by atoms with E-state index in [0.29, 0.717) is 42.8 Å². The second-order valence-electron chi connectivity index (χ2n) is 8.86. The van der Waals surface area contributed by atoms with Crippen LogP contribution in [0, 0.1) is 23.7 Å². The largest absolute Gasteiger partial charge is 0.381 e. The van der Waals surface area contributed by atoms with Crippen LogP contribution in [-0.4, -0.2) is 66.0 Å². The number of nitrogens with zero attached hydrogens (tertiary/aromatic N) is 3. The molecule has 1 aliphatic carbocycles. The van der Waals surface area contributed by atoms with Gasteiger partial charge in [-0.25, -0.2) is 0 Å². The molecule has 4 fully saturated rings. The average Bonchev–Trinajstić information content (AvgIpc) is 3.27. The first kappa shape index (κ1) is 18.1. The van der Waals surface area contributed by atoms with Gasteiger partial charge < -0.3 is 14.5 Å². The quantitative estimate of drug-likeness (QED) is 0.800. The third-order valence-electron chi connectivity index (χ3n) is 7.35. The van der Waals surface area contributed by atoms with Crippen molar-refractivity contribution < 1.29 is 14.3 Å². The Bertz CT molecular complexity index is 714. The first-order valence-electron chi connectivity index (χ1n) is 10.8. The summed E-state index contributed by atoms with van der Waals surface area (Å²) in [6, 6.07) is 4.19. The Morgan fingerprint density at radius 2 is 1.54 bits per heavy atom. The van der Waals surface area contributed by atoms with Gasteiger partial charge in [-0.2, -0.15) is 0 Å². The van der Waals surface area contributed by atoms with Gasteiger partial charge in [0.2, 0.25) is 11.8 Å². The number of pyridine rings is 1. The lowest BCUT2D eigenvalue weighted by Crippen LogP contribution is -2.42. The van der Waals surface area contributed by atoms with E-state index < -0.39 is 0 Å². The molecule has 5 rings (SSSR count). The Balaban J connectivity index is 1.11. The van der Waals surface area contributed by atoms with E-state index in [2.05, 4.69) is 22.0 Å². The second kappa shape index (κ2) is 7.47. The zero-order chi connectivity index (χ0) is 19.1. The Kier molecular flexibility index (Phi) is 4.83. The molecule has 1 aromatic rings. The molecule has 4 heterocycles. The fourth-order valence-corrected chi connectivity index (χ4v) is 5.55. The van der Waals surface area contributed by atoms with Gasteiger partial charge in [0.15, 0.2) is 0 Å². The fraction of sp³-hybridized carbons (Fsp3) is 0.682. The molecule has 0 spiro atoms. The maximum atomic E-state index is 13.0. The summed E-state index contributed by atoms with van der Waals surface area (Å²) in [5.41, 5.74) is 1.34. The molecule has 0 bridgehead atoms. The van der Waals surface area contributed by atoms with Crippen molar-refractivity contribution in [3.05, 3.63) is 30.1 Å². The summed E-state index contributed by atoms with van der Waals surface area (Å²) in [5, 5.41) is 0. The summed E-state index contributed by atoms with van der Waals surface area (Å²) in [6.07, 6.45) is 7.47. The smallest absolute Gasteiger partial charge is 0.226 e. The summed E-state index contributed by atoms with van der Waals surface area (Å²) >= 11 is 0. The molecule has 3 saturated heterocycles. The number of carbonyl (C=O) groups excluding carboxylic acids is 2. The van der Waals surface area contributed by atoms with Crippen molar-refractivity contribution >= 4 is 11.8 Å². The second-order valence-corrected chi connectivity index (χ2v) is 8.86. The minimum absolute atomic E-state index is 0.132. The summed E-state index contributed by atoms with van der Waals surface area (Å²) in [5.74, 6) is 2.26. The molecule has 4 aliphatic rings. The van der Waals surface area contributed by atoms with E-state index in [1.807, 2.05) is 17.3 Å². The first-order chi connectivity index (χ1) is 13.7. The minimum atomic E-state index is 0.132. The Labute approximate surface area is 166 Å². The topological polar surface area (TPSA) is 62.7 Å². The van der Waals surface area contributed by atoms with Gasteiger partial charge in [0.05, 0.1) is 0 Å². The van der Waals surface area contributed by atoms with Crippen molar-refractivity contribution in [1.82, 2.24) is 14.8 Å². The summed E-state index contributed by atoms with van der Waals surface area (Å²) in [6.45, 7) is 4.68. The Hall–Kier alpha value is -1.95. The van der Waals surface area contributed by atoms with Crippen LogP contribution < -0.4 is 0 Å². The highest BCUT2D eigenvalue weighted by Crippen LogP contribution is 2.53. The monoisotopic (exact) mass is 383 g/mol. The van der Waals surface area contributed by atoms with E-state index in [4.69, 9.17) is 4.74 Å². The molecule has 0 N–H and O–H groups in total. The maximum absolute atomic E-state index is 13.0. The minimum Gasteiger partial charge on any atom is -0.381 e. The predicted octanol–water partition coefficient (Wildman–Crippen LogP) is 1.92. The van der Waals surface area contributed by atoms with Crippen molar-refractivity contribution in [3.8, 4) is 0 Å². The number of rotatable bonds is 3. The van der Waals surface area contributed by atoms with Crippen LogP contribution in [0.15, 0.2) is 24.5 Å². The SMILES string of the molecule is O=C(C1CCOCC1)N1C[C@@H]2C(C(=O)N3CCC(c4ccncc4)CC3)[C@H]2C1. The van der Waals surface area contributed by atoms with Gasteiger partial charge in [-0.05, 0) is 61.1 Å². The first-order valence-corrected chi connectivity index (χ1v) is 10.8. The number of ether oxygens (including phenoxy) is 1. The zero-order valence-corrected chi connectivity index (χ0v) is 16.3. The molecule has 1 aromatic heterocycles. The molecule has 1 saturated carbocycles. The lowest BCUT2D eigenvalue weighted by molar-refractivity contribution is -0.140. The van der Waals surface area contributed by atoms with Crippen molar-refractivity contribution in [2.75, 3.05) is 39.4 Å². The highest BCUT2D eigenvalue weighted by atomic mass is 16.5. The summed E-state index contributed by atoms with van der Waals surface area (Å²) in [4.78, 5) is 33.9. The molecule has 0 aromatic carbocycles. The molecule has 0 radical (unpaired) electrons. The number of hydrogen-bond donors (Lipinski definition) is 0. The van der Waals surface area contributed by atoms with Crippen LogP contribution in [-0.2, 0) is 14.3 Å². The molecule has 0 unspecified atom stereocenters. The molecule has 6 nitrogen and oxygen atoms in total. The van der Waals surface area contributed by atoms with Crippen LogP contribution in [0.3, 0.4) is 0 Å². The highest BCUT2D eigenvalue weighted by Gasteiger charge is 2.61. The van der Waals surface area contributed by atoms with Gasteiger partial charge in [-0.1, -0.05) is 0 Å². The lowest BCUT2D eigenvalue weighted by Gasteiger charge is -2.33. The number of amides is 2. The van der Waals surface area contributed by atoms with Crippen molar-refractivity contribution in [3.63, 3.8) is 0 Å². The van der Waals surface area contributed by atoms with E-state index in [9.17, 15) is 9.59 Å². The molecule has 6 heteroatoms. The van der Waals surface area contributed by atoms with Crippen LogP contribution in [0.5, 0.6) is 0 Å². The number of hydrogen-bond acceptors (Lipinski definition) is 4. The standard InChI is InChI=1S/C22H29N3O3/c26-21(17-5-11-28-12-6-17)25-13-18-19(14-25)20(18)22(27)24-9-3-16(4-10-24)15-1-7-23-8-2-15/h1-2,7-8,16-20H,3-6,9-14H2/t18-,19-/m0/s1. The van der Waals surface area contributed by atoms with Gasteiger partial charge in [0.25, 0.3) is 0 Å². The number of likely N-dealkylation sites (tertiary alicyclic amines) is 2. The Morgan fingerprint density at radius 3 is 2.18 bits per heavy atom. The number of aromatic nitrogens is 1. The zero-order valence-electron chi connectivity index (χ0n) is 16.3. The normalized spacial score (nSPS) is 30.9. The van der Waals surface area contributed by atoms with Gasteiger partial charge in [-0.15, -0.1) is 0 Å². The fourth-order valence-electron chi connectivity index (χ4n) is 5.55. The van der Waals surface area contributed by atoms with E-state index >= 15 is 0 Å². The van der Waals surface area contributed by atoms with Crippen molar-refractivity contribution in [2.24, 2.45) is 23.7 Å². The number of fused-ring (bicyclic) bond motifs is 1. The molecule has 2 amide bonds. The summed E-state index contributed by atoms with van der Waals surface area (Å²) < 4.78 is 5.37. The molecule has 2 atom stereocenters. The highest BCUT2D eigenvalue weighted by molar-refractivity contribution is 5.84. The van der Waals surface area contributed by atoms with E-state index in [1.165, 1.54) is 5.56 Å². The number of piperidine rings is 2. The molecule has 28 heavy (non-hydrogen) atoms. The number of carbonyl (C=O) groups is 2. The third-order valence-corrected chi connectivity index (χ3v) is 7.35. The van der Waals surface area contributed by atoms with Crippen LogP contribution in [0.25, 0.3) is 0 Å². The maximum Gasteiger partial charge on any atom is 0.226 e. The predicted molar refractivity (Wildman–Crippen MR) is 103 cm³/mol. The van der Waals surface area contributed by atoms with Crippen molar-refractivity contribution in [1.29, 1.82) is 0 Å². The van der Waals surface area contributed by atoms with Crippen LogP contribution >= 0.6 is 0 Å². The van der Waals surface area contributed by atoms with Gasteiger partial charge in [-0.3, -0.25) is 14.6 Å². The van der Waals surface area contributed by atoms with E-state index in [0.717, 1.165) is 51.9 Å². The third kappa shape index (κ3) is 3.32. The molecule has 3 aliphatic heterocycles. The van der Waals surface area contributed by atoms with Gasteiger partial charge in [0, 0.05) is 63.6 Å². The van der Waals surface area contributed by atoms with Crippen LogP contribution in [0.1, 0.15) is 37.2 Å². The van der Waals surface area contributed by atoms with Crippen LogP contribution in [0.4, 0.5) is 0 Å². The van der Waals surface area contributed by atoms with Crippen molar-refractivity contribution in [2.45, 2.75) is 31.6 Å². The van der Waals surface area contributed by atoms with Gasteiger partial charge >= 0.3 is 0 Å². The molecular formula is C22H29N3O3. The Morgan fingerprint density at radius 1 is 0.893 bits per heavy atom.